The summed E-state index contributed by atoms with van der Waals surface area (Å²) in [6.45, 7) is 7.77. The molecule has 1 atom stereocenters. The normalized spacial score (nSPS) is 18.2. The first-order valence-electron chi connectivity index (χ1n) is 6.47. The van der Waals surface area contributed by atoms with Crippen LogP contribution in [0.4, 0.5) is 0 Å². The SMILES string of the molecule is Cc1cccc(C)c1CNC(C)C1CCC1. The molecule has 1 saturated carbocycles. The zero-order valence-electron chi connectivity index (χ0n) is 10.7. The van der Waals surface area contributed by atoms with E-state index in [1.165, 1.54) is 36.0 Å². The third-order valence-electron chi connectivity index (χ3n) is 4.10. The number of benzene rings is 1. The molecular weight excluding hydrogens is 194 g/mol. The Kier molecular flexibility index (Phi) is 3.65. The number of hydrogen-bond donors (Lipinski definition) is 1. The Labute approximate surface area is 99.3 Å². The Morgan fingerprint density at radius 3 is 2.38 bits per heavy atom. The van der Waals surface area contributed by atoms with Gasteiger partial charge in [-0.15, -0.1) is 0 Å². The van der Waals surface area contributed by atoms with Crippen LogP contribution in [0.1, 0.15) is 42.9 Å². The molecule has 1 N–H and O–H groups in total. The van der Waals surface area contributed by atoms with Gasteiger partial charge in [0.25, 0.3) is 0 Å². The lowest BCUT2D eigenvalue weighted by Crippen LogP contribution is -2.36. The summed E-state index contributed by atoms with van der Waals surface area (Å²) in [7, 11) is 0. The van der Waals surface area contributed by atoms with E-state index in [-0.39, 0.29) is 0 Å². The summed E-state index contributed by atoms with van der Waals surface area (Å²) >= 11 is 0. The minimum Gasteiger partial charge on any atom is -0.310 e. The molecule has 1 unspecified atom stereocenters. The molecule has 1 aromatic rings. The molecule has 0 amide bonds. The molecule has 0 bridgehead atoms. The summed E-state index contributed by atoms with van der Waals surface area (Å²) in [4.78, 5) is 0. The Balaban J connectivity index is 1.93. The molecule has 1 aliphatic rings. The number of nitrogens with one attached hydrogen (secondary N) is 1. The third-order valence-corrected chi connectivity index (χ3v) is 4.10. The van der Waals surface area contributed by atoms with Crippen molar-refractivity contribution < 1.29 is 0 Å². The summed E-state index contributed by atoms with van der Waals surface area (Å²) in [6, 6.07) is 7.23. The number of hydrogen-bond acceptors (Lipinski definition) is 1. The maximum absolute atomic E-state index is 3.68. The first-order chi connectivity index (χ1) is 7.68. The molecule has 0 spiro atoms. The number of rotatable bonds is 4. The maximum Gasteiger partial charge on any atom is 0.0213 e. The predicted molar refractivity (Wildman–Crippen MR) is 69.6 cm³/mol. The van der Waals surface area contributed by atoms with Crippen molar-refractivity contribution in [2.24, 2.45) is 5.92 Å². The van der Waals surface area contributed by atoms with E-state index in [1.807, 2.05) is 0 Å². The van der Waals surface area contributed by atoms with Crippen molar-refractivity contribution >= 4 is 0 Å². The Morgan fingerprint density at radius 2 is 1.88 bits per heavy atom. The number of aryl methyl sites for hydroxylation is 2. The van der Waals surface area contributed by atoms with Crippen molar-refractivity contribution in [3.8, 4) is 0 Å². The van der Waals surface area contributed by atoms with Gasteiger partial charge in [0, 0.05) is 12.6 Å². The summed E-state index contributed by atoms with van der Waals surface area (Å²) in [5, 5.41) is 3.68. The molecule has 1 nitrogen and oxygen atoms in total. The second-order valence-corrected chi connectivity index (χ2v) is 5.23. The van der Waals surface area contributed by atoms with E-state index in [0.29, 0.717) is 6.04 Å². The van der Waals surface area contributed by atoms with Crippen LogP contribution in [-0.2, 0) is 6.54 Å². The highest BCUT2D eigenvalue weighted by Crippen LogP contribution is 2.29. The van der Waals surface area contributed by atoms with Crippen molar-refractivity contribution in [3.05, 3.63) is 34.9 Å². The predicted octanol–water partition coefficient (Wildman–Crippen LogP) is 3.58. The second-order valence-electron chi connectivity index (χ2n) is 5.23. The van der Waals surface area contributed by atoms with Crippen LogP contribution in [-0.4, -0.2) is 6.04 Å². The first kappa shape index (κ1) is 11.7. The standard InChI is InChI=1S/C15H23N/c1-11-6-4-7-12(2)15(11)10-16-13(3)14-8-5-9-14/h4,6-7,13-14,16H,5,8-10H2,1-3H3. The van der Waals surface area contributed by atoms with E-state index in [9.17, 15) is 0 Å². The van der Waals surface area contributed by atoms with Gasteiger partial charge in [0.2, 0.25) is 0 Å². The Bertz CT molecular complexity index is 332. The zero-order chi connectivity index (χ0) is 11.5. The fourth-order valence-corrected chi connectivity index (χ4v) is 2.50. The smallest absolute Gasteiger partial charge is 0.0213 e. The minimum atomic E-state index is 0.674. The van der Waals surface area contributed by atoms with Crippen molar-refractivity contribution in [2.75, 3.05) is 0 Å². The molecule has 0 radical (unpaired) electrons. The molecule has 0 aliphatic heterocycles. The average Bonchev–Trinajstić information content (AvgIpc) is 2.14. The van der Waals surface area contributed by atoms with E-state index in [0.717, 1.165) is 12.5 Å². The van der Waals surface area contributed by atoms with Crippen molar-refractivity contribution in [1.29, 1.82) is 0 Å². The van der Waals surface area contributed by atoms with E-state index >= 15 is 0 Å². The van der Waals surface area contributed by atoms with Crippen LogP contribution in [0, 0.1) is 19.8 Å². The van der Waals surface area contributed by atoms with Gasteiger partial charge >= 0.3 is 0 Å². The second kappa shape index (κ2) is 5.01. The lowest BCUT2D eigenvalue weighted by molar-refractivity contribution is 0.240. The lowest BCUT2D eigenvalue weighted by Gasteiger charge is -2.32. The molecule has 2 rings (SSSR count). The minimum absolute atomic E-state index is 0.674. The highest BCUT2D eigenvalue weighted by atomic mass is 14.9. The van der Waals surface area contributed by atoms with Crippen LogP contribution < -0.4 is 5.32 Å². The van der Waals surface area contributed by atoms with Crippen molar-refractivity contribution in [2.45, 2.75) is 52.6 Å². The van der Waals surface area contributed by atoms with Crippen LogP contribution in [0.3, 0.4) is 0 Å². The van der Waals surface area contributed by atoms with Gasteiger partial charge < -0.3 is 5.32 Å². The summed E-state index contributed by atoms with van der Waals surface area (Å²) in [6.07, 6.45) is 4.27. The fraction of sp³-hybridized carbons (Fsp3) is 0.600. The van der Waals surface area contributed by atoms with Gasteiger partial charge in [0.15, 0.2) is 0 Å². The molecule has 0 heterocycles. The van der Waals surface area contributed by atoms with Gasteiger partial charge in [-0.2, -0.15) is 0 Å². The van der Waals surface area contributed by atoms with E-state index in [2.05, 4.69) is 44.3 Å². The van der Waals surface area contributed by atoms with Gasteiger partial charge in [-0.3, -0.25) is 0 Å². The highest BCUT2D eigenvalue weighted by Gasteiger charge is 2.23. The summed E-state index contributed by atoms with van der Waals surface area (Å²) in [5.74, 6) is 0.921. The quantitative estimate of drug-likeness (QED) is 0.813. The molecule has 1 fully saturated rings. The molecule has 0 saturated heterocycles. The van der Waals surface area contributed by atoms with Crippen molar-refractivity contribution in [1.82, 2.24) is 5.32 Å². The Morgan fingerprint density at radius 1 is 1.25 bits per heavy atom. The van der Waals surface area contributed by atoms with Gasteiger partial charge in [-0.25, -0.2) is 0 Å². The largest absolute Gasteiger partial charge is 0.310 e. The van der Waals surface area contributed by atoms with Crippen molar-refractivity contribution in [3.63, 3.8) is 0 Å². The molecule has 88 valence electrons. The lowest BCUT2D eigenvalue weighted by atomic mass is 9.80. The van der Waals surface area contributed by atoms with Gasteiger partial charge in [-0.1, -0.05) is 24.6 Å². The fourth-order valence-electron chi connectivity index (χ4n) is 2.50. The van der Waals surface area contributed by atoms with Gasteiger partial charge in [-0.05, 0) is 56.2 Å². The van der Waals surface area contributed by atoms with Crippen LogP contribution in [0.2, 0.25) is 0 Å². The molecule has 1 aromatic carbocycles. The van der Waals surface area contributed by atoms with Gasteiger partial charge in [0.05, 0.1) is 0 Å². The van der Waals surface area contributed by atoms with Gasteiger partial charge in [0.1, 0.15) is 0 Å². The molecule has 16 heavy (non-hydrogen) atoms. The highest BCUT2D eigenvalue weighted by molar-refractivity contribution is 5.33. The molecule has 1 aliphatic carbocycles. The van der Waals surface area contributed by atoms with Crippen LogP contribution in [0.5, 0.6) is 0 Å². The van der Waals surface area contributed by atoms with Crippen LogP contribution in [0.15, 0.2) is 18.2 Å². The maximum atomic E-state index is 3.68. The van der Waals surface area contributed by atoms with Crippen LogP contribution in [0.25, 0.3) is 0 Å². The molecule has 1 heteroatoms. The average molecular weight is 217 g/mol. The van der Waals surface area contributed by atoms with Crippen LogP contribution >= 0.6 is 0 Å². The molecule has 0 aromatic heterocycles. The van der Waals surface area contributed by atoms with E-state index in [1.54, 1.807) is 0 Å². The Hall–Kier alpha value is -0.820. The zero-order valence-corrected chi connectivity index (χ0v) is 10.7. The monoisotopic (exact) mass is 217 g/mol. The van der Waals surface area contributed by atoms with E-state index < -0.39 is 0 Å². The van der Waals surface area contributed by atoms with E-state index in [4.69, 9.17) is 0 Å². The third kappa shape index (κ3) is 2.46. The first-order valence-corrected chi connectivity index (χ1v) is 6.47. The topological polar surface area (TPSA) is 12.0 Å². The summed E-state index contributed by atoms with van der Waals surface area (Å²) < 4.78 is 0. The molecular formula is C15H23N. The summed E-state index contributed by atoms with van der Waals surface area (Å²) in [5.41, 5.74) is 4.30.